The van der Waals surface area contributed by atoms with Crippen LogP contribution in [0.2, 0.25) is 0 Å². The van der Waals surface area contributed by atoms with Gasteiger partial charge < -0.3 is 10.1 Å². The first kappa shape index (κ1) is 24.3. The van der Waals surface area contributed by atoms with E-state index in [1.165, 1.54) is 30.3 Å². The number of nitrogens with one attached hydrogen (secondary N) is 1. The minimum Gasteiger partial charge on any atom is -0.405 e. The van der Waals surface area contributed by atoms with E-state index in [0.717, 1.165) is 0 Å². The largest absolute Gasteiger partial charge is 0.573 e. The molecule has 0 aromatic heterocycles. The van der Waals surface area contributed by atoms with Crippen LogP contribution in [-0.4, -0.2) is 26.4 Å². The molecular formula is C24H21F3NO4S. The number of rotatable bonds is 7. The lowest BCUT2D eigenvalue weighted by Gasteiger charge is -2.15. The lowest BCUT2D eigenvalue weighted by Crippen LogP contribution is -2.17. The van der Waals surface area contributed by atoms with E-state index < -0.39 is 16.2 Å². The second-order valence-corrected chi connectivity index (χ2v) is 9.47. The zero-order chi connectivity index (χ0) is 24.2. The summed E-state index contributed by atoms with van der Waals surface area (Å²) in [4.78, 5) is 12.6. The van der Waals surface area contributed by atoms with E-state index in [2.05, 4.69) is 17.0 Å². The number of carbonyl (C=O) groups excluding carboxylic acids is 1. The number of amides is 1. The number of para-hydroxylation sites is 1. The highest BCUT2D eigenvalue weighted by Crippen LogP contribution is 2.36. The maximum Gasteiger partial charge on any atom is 0.573 e. The molecule has 173 valence electrons. The number of hydrogen-bond acceptors (Lipinski definition) is 4. The van der Waals surface area contributed by atoms with Crippen LogP contribution in [0, 0.1) is 6.92 Å². The number of benzene rings is 3. The van der Waals surface area contributed by atoms with Gasteiger partial charge in [0, 0.05) is 11.3 Å². The molecule has 0 heterocycles. The zero-order valence-corrected chi connectivity index (χ0v) is 18.5. The molecule has 0 saturated heterocycles. The predicted molar refractivity (Wildman–Crippen MR) is 120 cm³/mol. The van der Waals surface area contributed by atoms with Crippen LogP contribution in [0.3, 0.4) is 0 Å². The van der Waals surface area contributed by atoms with Gasteiger partial charge in [0.25, 0.3) is 0 Å². The predicted octanol–water partition coefficient (Wildman–Crippen LogP) is 5.41. The fourth-order valence-corrected chi connectivity index (χ4v) is 4.09. The molecule has 1 N–H and O–H groups in total. The third-order valence-electron chi connectivity index (χ3n) is 4.82. The van der Waals surface area contributed by atoms with Crippen molar-refractivity contribution < 1.29 is 31.1 Å². The molecule has 1 radical (unpaired) electrons. The maximum absolute atomic E-state index is 12.7. The second kappa shape index (κ2) is 9.66. The van der Waals surface area contributed by atoms with Crippen molar-refractivity contribution in [3.05, 3.63) is 84.8 Å². The first-order chi connectivity index (χ1) is 15.5. The van der Waals surface area contributed by atoms with Gasteiger partial charge in [-0.3, -0.25) is 4.79 Å². The molecular weight excluding hydrogens is 455 g/mol. The molecule has 0 bridgehead atoms. The summed E-state index contributed by atoms with van der Waals surface area (Å²) in [5.41, 5.74) is 2.11. The van der Waals surface area contributed by atoms with E-state index in [1.807, 2.05) is 0 Å². The van der Waals surface area contributed by atoms with E-state index in [0.29, 0.717) is 22.4 Å². The first-order valence-electron chi connectivity index (χ1n) is 9.91. The Morgan fingerprint density at radius 3 is 2.27 bits per heavy atom. The standard InChI is InChI=1S/C24H21F3NO4S/c1-3-33(30,31)19-11-8-17(9-12-19)15-23(29)28-18-10-13-20(16(2)14-18)21-6-4-5-7-22(21)32-24(25,26)27/h4-14H,2-3,15H2,1H3,(H,28,29). The fourth-order valence-electron chi connectivity index (χ4n) is 3.21. The van der Waals surface area contributed by atoms with Crippen molar-refractivity contribution in [1.29, 1.82) is 0 Å². The SMILES string of the molecule is [CH2]c1cc(NC(=O)Cc2ccc(S(=O)(=O)CC)cc2)ccc1-c1ccccc1OC(F)(F)F. The van der Waals surface area contributed by atoms with Crippen molar-refractivity contribution in [2.24, 2.45) is 0 Å². The minimum atomic E-state index is -4.83. The van der Waals surface area contributed by atoms with E-state index in [4.69, 9.17) is 0 Å². The van der Waals surface area contributed by atoms with Crippen molar-refractivity contribution >= 4 is 21.4 Å². The van der Waals surface area contributed by atoms with Crippen LogP contribution < -0.4 is 10.1 Å². The monoisotopic (exact) mass is 476 g/mol. The Morgan fingerprint density at radius 2 is 1.67 bits per heavy atom. The topological polar surface area (TPSA) is 72.5 Å². The van der Waals surface area contributed by atoms with Gasteiger partial charge >= 0.3 is 6.36 Å². The normalized spacial score (nSPS) is 11.8. The second-order valence-electron chi connectivity index (χ2n) is 7.19. The van der Waals surface area contributed by atoms with Crippen LogP contribution >= 0.6 is 0 Å². The summed E-state index contributed by atoms with van der Waals surface area (Å²) in [6, 6.07) is 16.5. The van der Waals surface area contributed by atoms with Crippen molar-refractivity contribution in [3.8, 4) is 16.9 Å². The van der Waals surface area contributed by atoms with Crippen molar-refractivity contribution in [2.75, 3.05) is 11.1 Å². The highest BCUT2D eigenvalue weighted by atomic mass is 32.2. The van der Waals surface area contributed by atoms with Gasteiger partial charge in [-0.2, -0.15) is 0 Å². The van der Waals surface area contributed by atoms with Gasteiger partial charge in [0.05, 0.1) is 17.1 Å². The quantitative estimate of drug-likeness (QED) is 0.495. The molecule has 9 heteroatoms. The number of anilines is 1. The fraction of sp³-hybridized carbons (Fsp3) is 0.167. The Morgan fingerprint density at radius 1 is 1.00 bits per heavy atom. The Kier molecular flexibility index (Phi) is 7.12. The number of alkyl halides is 3. The smallest absolute Gasteiger partial charge is 0.405 e. The first-order valence-corrected chi connectivity index (χ1v) is 11.6. The molecule has 0 unspecified atom stereocenters. The molecule has 0 spiro atoms. The van der Waals surface area contributed by atoms with Gasteiger partial charge in [-0.1, -0.05) is 43.3 Å². The van der Waals surface area contributed by atoms with Crippen LogP contribution in [0.4, 0.5) is 18.9 Å². The van der Waals surface area contributed by atoms with Crippen LogP contribution in [-0.2, 0) is 21.1 Å². The highest BCUT2D eigenvalue weighted by molar-refractivity contribution is 7.91. The van der Waals surface area contributed by atoms with Gasteiger partial charge in [0.1, 0.15) is 5.75 Å². The summed E-state index contributed by atoms with van der Waals surface area (Å²) >= 11 is 0. The summed E-state index contributed by atoms with van der Waals surface area (Å²) in [7, 11) is -3.32. The van der Waals surface area contributed by atoms with Crippen molar-refractivity contribution in [2.45, 2.75) is 24.6 Å². The zero-order valence-electron chi connectivity index (χ0n) is 17.6. The van der Waals surface area contributed by atoms with Gasteiger partial charge in [0.15, 0.2) is 9.84 Å². The lowest BCUT2D eigenvalue weighted by atomic mass is 9.99. The Labute approximate surface area is 190 Å². The summed E-state index contributed by atoms with van der Waals surface area (Å²) in [6.07, 6.45) is -4.81. The molecule has 5 nitrogen and oxygen atoms in total. The summed E-state index contributed by atoms with van der Waals surface area (Å²) in [5.74, 6) is -0.697. The summed E-state index contributed by atoms with van der Waals surface area (Å²) in [5, 5.41) is 2.71. The molecule has 0 aliphatic carbocycles. The van der Waals surface area contributed by atoms with Crippen molar-refractivity contribution in [1.82, 2.24) is 0 Å². The molecule has 33 heavy (non-hydrogen) atoms. The average Bonchev–Trinajstić information content (AvgIpc) is 2.74. The Bertz CT molecular complexity index is 1250. The highest BCUT2D eigenvalue weighted by Gasteiger charge is 2.32. The maximum atomic E-state index is 12.7. The number of halogens is 3. The molecule has 0 fully saturated rings. The van der Waals surface area contributed by atoms with Gasteiger partial charge in [-0.05, 0) is 53.9 Å². The van der Waals surface area contributed by atoms with E-state index in [1.54, 1.807) is 43.3 Å². The Hall–Kier alpha value is -3.33. The number of hydrogen-bond donors (Lipinski definition) is 1. The van der Waals surface area contributed by atoms with Gasteiger partial charge in [-0.15, -0.1) is 13.2 Å². The lowest BCUT2D eigenvalue weighted by molar-refractivity contribution is -0.274. The average molecular weight is 476 g/mol. The van der Waals surface area contributed by atoms with E-state index in [9.17, 15) is 26.4 Å². The van der Waals surface area contributed by atoms with E-state index in [-0.39, 0.29) is 34.3 Å². The number of carbonyl (C=O) groups is 1. The molecule has 0 aliphatic rings. The molecule has 1 amide bonds. The van der Waals surface area contributed by atoms with E-state index >= 15 is 0 Å². The molecule has 0 aliphatic heterocycles. The van der Waals surface area contributed by atoms with Crippen LogP contribution in [0.5, 0.6) is 5.75 Å². The molecule has 3 rings (SSSR count). The molecule has 3 aromatic carbocycles. The summed E-state index contributed by atoms with van der Waals surface area (Å²) in [6.45, 7) is 5.44. The minimum absolute atomic E-state index is 0.0109. The molecule has 3 aromatic rings. The van der Waals surface area contributed by atoms with Gasteiger partial charge in [-0.25, -0.2) is 8.42 Å². The number of ether oxygens (including phenoxy) is 1. The third kappa shape index (κ3) is 6.35. The van der Waals surface area contributed by atoms with Crippen LogP contribution in [0.1, 0.15) is 18.1 Å². The number of sulfone groups is 1. The molecule has 0 atom stereocenters. The van der Waals surface area contributed by atoms with Crippen molar-refractivity contribution in [3.63, 3.8) is 0 Å². The molecule has 0 saturated carbocycles. The van der Waals surface area contributed by atoms with Gasteiger partial charge in [0.2, 0.25) is 5.91 Å². The van der Waals surface area contributed by atoms with Crippen LogP contribution in [0.25, 0.3) is 11.1 Å². The summed E-state index contributed by atoms with van der Waals surface area (Å²) < 4.78 is 66.0. The van der Waals surface area contributed by atoms with Crippen LogP contribution in [0.15, 0.2) is 71.6 Å². The third-order valence-corrected chi connectivity index (χ3v) is 6.57. The Balaban J connectivity index is 1.73.